The Kier molecular flexibility index (Phi) is 8.99. The molecule has 0 fully saturated rings. The Hall–Kier alpha value is -7.16. The molecule has 0 spiro atoms. The molecule has 0 atom stereocenters. The lowest BCUT2D eigenvalue weighted by atomic mass is 9.95. The van der Waals surface area contributed by atoms with Crippen LogP contribution in [0.4, 0.5) is 11.4 Å². The smallest absolute Gasteiger partial charge is 0.0540 e. The van der Waals surface area contributed by atoms with Crippen LogP contribution in [0.5, 0.6) is 0 Å². The molecule has 0 saturated heterocycles. The summed E-state index contributed by atoms with van der Waals surface area (Å²) in [6, 6.07) is 73.2. The van der Waals surface area contributed by atoms with Crippen LogP contribution in [0, 0.1) is 0 Å². The van der Waals surface area contributed by atoms with Crippen molar-refractivity contribution in [3.05, 3.63) is 263 Å². The van der Waals surface area contributed by atoms with Gasteiger partial charge in [-0.25, -0.2) is 0 Å². The zero-order chi connectivity index (χ0) is 36.1. The van der Waals surface area contributed by atoms with Crippen LogP contribution in [0.15, 0.2) is 231 Å². The van der Waals surface area contributed by atoms with E-state index in [0.717, 1.165) is 78.0 Å². The number of rotatable bonds is 6. The topological polar surface area (TPSA) is 6.48 Å². The van der Waals surface area contributed by atoms with Crippen LogP contribution >= 0.6 is 0 Å². The van der Waals surface area contributed by atoms with Gasteiger partial charge in [-0.15, -0.1) is 0 Å². The maximum atomic E-state index is 2.38. The van der Waals surface area contributed by atoms with Crippen molar-refractivity contribution >= 4 is 45.3 Å². The first kappa shape index (κ1) is 32.7. The molecule has 0 radical (unpaired) electrons. The third-order valence-electron chi connectivity index (χ3n) is 9.99. The van der Waals surface area contributed by atoms with Gasteiger partial charge in [0.15, 0.2) is 0 Å². The SMILES string of the molecule is C1=C(c2ccccc2)N(c2ccccc2)C(c2ccccc2)=CC1=c1ccc(=C2C=C(c3ccccc3)N(c3ccccc3)C(c3ccccc3)=C2)cc1. The molecule has 0 amide bonds. The molecule has 2 nitrogen and oxygen atoms in total. The van der Waals surface area contributed by atoms with E-state index in [1.807, 2.05) is 0 Å². The summed E-state index contributed by atoms with van der Waals surface area (Å²) in [5.41, 5.74) is 13.8. The summed E-state index contributed by atoms with van der Waals surface area (Å²) >= 11 is 0. The van der Waals surface area contributed by atoms with Crippen LogP contribution in [0.2, 0.25) is 0 Å². The van der Waals surface area contributed by atoms with Crippen molar-refractivity contribution in [1.29, 1.82) is 0 Å². The number of nitrogens with zero attached hydrogens (tertiary/aromatic N) is 2. The molecule has 54 heavy (non-hydrogen) atoms. The lowest BCUT2D eigenvalue weighted by molar-refractivity contribution is 1.28. The quantitative estimate of drug-likeness (QED) is 0.171. The third kappa shape index (κ3) is 6.53. The molecule has 256 valence electrons. The van der Waals surface area contributed by atoms with Crippen molar-refractivity contribution < 1.29 is 0 Å². The Morgan fingerprint density at radius 1 is 0.222 bits per heavy atom. The molecule has 0 aromatic heterocycles. The highest BCUT2D eigenvalue weighted by Gasteiger charge is 2.25. The van der Waals surface area contributed by atoms with Gasteiger partial charge < -0.3 is 9.80 Å². The van der Waals surface area contributed by atoms with Gasteiger partial charge in [-0.2, -0.15) is 0 Å². The second kappa shape index (κ2) is 14.8. The van der Waals surface area contributed by atoms with Crippen LogP contribution in [-0.4, -0.2) is 0 Å². The van der Waals surface area contributed by atoms with Crippen LogP contribution in [0.3, 0.4) is 0 Å². The molecular formula is C52H38N2. The third-order valence-corrected chi connectivity index (χ3v) is 9.99. The highest BCUT2D eigenvalue weighted by Crippen LogP contribution is 2.41. The molecule has 0 saturated carbocycles. The lowest BCUT2D eigenvalue weighted by Crippen LogP contribution is -2.25. The molecule has 2 heteroatoms. The maximum Gasteiger partial charge on any atom is 0.0540 e. The summed E-state index contributed by atoms with van der Waals surface area (Å²) in [6.45, 7) is 0. The number of para-hydroxylation sites is 2. The Balaban J connectivity index is 1.25. The van der Waals surface area contributed by atoms with Gasteiger partial charge >= 0.3 is 0 Å². The molecule has 7 aromatic carbocycles. The van der Waals surface area contributed by atoms with Crippen LogP contribution in [0.25, 0.3) is 33.9 Å². The van der Waals surface area contributed by atoms with Crippen molar-refractivity contribution in [2.24, 2.45) is 0 Å². The van der Waals surface area contributed by atoms with E-state index in [1.54, 1.807) is 0 Å². The van der Waals surface area contributed by atoms with E-state index < -0.39 is 0 Å². The van der Waals surface area contributed by atoms with Gasteiger partial charge in [-0.3, -0.25) is 0 Å². The molecule has 0 unspecified atom stereocenters. The van der Waals surface area contributed by atoms with Crippen LogP contribution in [-0.2, 0) is 0 Å². The normalized spacial score (nSPS) is 14.2. The predicted octanol–water partition coefficient (Wildman–Crippen LogP) is 11.2. The summed E-state index contributed by atoms with van der Waals surface area (Å²) in [5, 5.41) is 2.32. The first-order valence-electron chi connectivity index (χ1n) is 18.4. The Bertz CT molecular complexity index is 2330. The summed E-state index contributed by atoms with van der Waals surface area (Å²) in [6.07, 6.45) is 9.32. The monoisotopic (exact) mass is 690 g/mol. The van der Waals surface area contributed by atoms with E-state index >= 15 is 0 Å². The van der Waals surface area contributed by atoms with Crippen LogP contribution in [0.1, 0.15) is 22.3 Å². The Morgan fingerprint density at radius 3 is 0.685 bits per heavy atom. The fourth-order valence-corrected chi connectivity index (χ4v) is 7.37. The van der Waals surface area contributed by atoms with Gasteiger partial charge in [0.05, 0.1) is 22.8 Å². The first-order valence-corrected chi connectivity index (χ1v) is 18.4. The van der Waals surface area contributed by atoms with Gasteiger partial charge in [-0.1, -0.05) is 182 Å². The minimum absolute atomic E-state index is 1.12. The number of hydrogen-bond acceptors (Lipinski definition) is 2. The summed E-state index contributed by atoms with van der Waals surface area (Å²) < 4.78 is 0. The van der Waals surface area contributed by atoms with Crippen molar-refractivity contribution in [2.45, 2.75) is 0 Å². The molecule has 9 rings (SSSR count). The minimum atomic E-state index is 1.12. The predicted molar refractivity (Wildman–Crippen MR) is 228 cm³/mol. The largest absolute Gasteiger partial charge is 0.309 e. The average Bonchev–Trinajstić information content (AvgIpc) is 3.27. The Labute approximate surface area is 317 Å². The summed E-state index contributed by atoms with van der Waals surface area (Å²) in [5.74, 6) is 0. The zero-order valence-electron chi connectivity index (χ0n) is 29.8. The van der Waals surface area contributed by atoms with E-state index in [-0.39, 0.29) is 0 Å². The number of allylic oxidation sites excluding steroid dienone is 4. The second-order valence-electron chi connectivity index (χ2n) is 13.4. The molecule has 2 heterocycles. The van der Waals surface area contributed by atoms with Crippen molar-refractivity contribution in [2.75, 3.05) is 9.80 Å². The zero-order valence-corrected chi connectivity index (χ0v) is 29.8. The molecule has 2 aliphatic rings. The lowest BCUT2D eigenvalue weighted by Gasteiger charge is -2.34. The Morgan fingerprint density at radius 2 is 0.444 bits per heavy atom. The van der Waals surface area contributed by atoms with Crippen molar-refractivity contribution in [3.8, 4) is 0 Å². The van der Waals surface area contributed by atoms with Crippen LogP contribution < -0.4 is 20.2 Å². The molecule has 0 bridgehead atoms. The summed E-state index contributed by atoms with van der Waals surface area (Å²) in [4.78, 5) is 4.76. The number of hydrogen-bond donors (Lipinski definition) is 0. The van der Waals surface area contributed by atoms with Crippen molar-refractivity contribution in [1.82, 2.24) is 0 Å². The van der Waals surface area contributed by atoms with E-state index in [1.165, 1.54) is 0 Å². The minimum Gasteiger partial charge on any atom is -0.309 e. The molecule has 0 N–H and O–H groups in total. The van der Waals surface area contributed by atoms with Gasteiger partial charge in [0, 0.05) is 11.4 Å². The van der Waals surface area contributed by atoms with Gasteiger partial charge in [0.25, 0.3) is 0 Å². The van der Waals surface area contributed by atoms with Gasteiger partial charge in [0.1, 0.15) is 0 Å². The fourth-order valence-electron chi connectivity index (χ4n) is 7.37. The second-order valence-corrected chi connectivity index (χ2v) is 13.4. The van der Waals surface area contributed by atoms with Gasteiger partial charge in [-0.05, 0) is 92.4 Å². The van der Waals surface area contributed by atoms with Crippen molar-refractivity contribution in [3.63, 3.8) is 0 Å². The van der Waals surface area contributed by atoms with E-state index in [9.17, 15) is 0 Å². The number of benzene rings is 7. The van der Waals surface area contributed by atoms with Gasteiger partial charge in [0.2, 0.25) is 0 Å². The van der Waals surface area contributed by atoms with E-state index in [2.05, 4.69) is 240 Å². The first-order chi connectivity index (χ1) is 26.8. The molecular weight excluding hydrogens is 653 g/mol. The molecule has 0 aliphatic carbocycles. The van der Waals surface area contributed by atoms with E-state index in [0.29, 0.717) is 0 Å². The number of anilines is 2. The maximum absolute atomic E-state index is 2.38. The molecule has 7 aromatic rings. The standard InChI is InChI=1S/C52H38N2/c1-7-19-41(20-8-1)49-35-45(36-50(42-21-9-2-10-22-42)53(49)47-27-15-5-16-28-47)39-31-33-40(34-32-39)46-37-51(43-23-11-3-12-24-43)54(48-29-17-6-18-30-48)52(38-46)44-25-13-4-14-26-44/h1-38H. The highest BCUT2D eigenvalue weighted by atomic mass is 15.2. The molecule has 2 aliphatic heterocycles. The highest BCUT2D eigenvalue weighted by molar-refractivity contribution is 6.06. The summed E-state index contributed by atoms with van der Waals surface area (Å²) in [7, 11) is 0. The fraction of sp³-hybridized carbons (Fsp3) is 0. The average molecular weight is 691 g/mol. The van der Waals surface area contributed by atoms with E-state index in [4.69, 9.17) is 0 Å².